The normalized spacial score (nSPS) is 55.3. The predicted molar refractivity (Wildman–Crippen MR) is 166 cm³/mol. The minimum absolute atomic E-state index is 0.0345. The van der Waals surface area contributed by atoms with Crippen molar-refractivity contribution >= 4 is 5.97 Å². The van der Waals surface area contributed by atoms with Gasteiger partial charge in [0.05, 0.1) is 24.4 Å². The molecule has 0 spiro atoms. The summed E-state index contributed by atoms with van der Waals surface area (Å²) < 4.78 is 28.8. The molecule has 0 bridgehead atoms. The highest BCUT2D eigenvalue weighted by Gasteiger charge is 2.68. The van der Waals surface area contributed by atoms with Crippen LogP contribution < -0.4 is 0 Å². The first-order valence-electron chi connectivity index (χ1n) is 17.9. The summed E-state index contributed by atoms with van der Waals surface area (Å²) >= 11 is 0. The number of aliphatic hydroxyl groups is 7. The largest absolute Gasteiger partial charge is 0.458 e. The van der Waals surface area contributed by atoms with E-state index in [1.54, 1.807) is 13.0 Å². The molecule has 4 saturated carbocycles. The summed E-state index contributed by atoms with van der Waals surface area (Å²) in [5.74, 6) is 0.825. The Morgan fingerprint density at radius 1 is 0.833 bits per heavy atom. The van der Waals surface area contributed by atoms with E-state index in [1.807, 2.05) is 0 Å². The molecule has 7 rings (SSSR count). The lowest BCUT2D eigenvalue weighted by atomic mass is 9.43. The van der Waals surface area contributed by atoms with Gasteiger partial charge >= 0.3 is 5.97 Å². The maximum atomic E-state index is 12.5. The topological polar surface area (TPSA) is 205 Å². The second-order valence-electron chi connectivity index (χ2n) is 16.3. The van der Waals surface area contributed by atoms with E-state index in [-0.39, 0.29) is 34.7 Å². The summed E-state index contributed by atoms with van der Waals surface area (Å²) in [6.45, 7) is 5.97. The molecule has 0 radical (unpaired) electrons. The van der Waals surface area contributed by atoms with Crippen molar-refractivity contribution in [3.8, 4) is 0 Å². The lowest BCUT2D eigenvalue weighted by Gasteiger charge is -2.64. The Balaban J connectivity index is 0.977. The summed E-state index contributed by atoms with van der Waals surface area (Å²) in [5, 5.41) is 74.7. The predicted octanol–water partition coefficient (Wildman–Crippen LogP) is 0.280. The fourth-order valence-corrected chi connectivity index (χ4v) is 11.3. The Morgan fingerprint density at radius 2 is 1.56 bits per heavy atom. The summed E-state index contributed by atoms with van der Waals surface area (Å²) in [6.07, 6.45) is -4.12. The molecule has 13 nitrogen and oxygen atoms in total. The van der Waals surface area contributed by atoms with Crippen LogP contribution in [-0.4, -0.2) is 128 Å². The number of hydrogen-bond acceptors (Lipinski definition) is 13. The van der Waals surface area contributed by atoms with Gasteiger partial charge in [0, 0.05) is 11.5 Å². The van der Waals surface area contributed by atoms with Crippen LogP contribution in [0.15, 0.2) is 11.6 Å². The first kappa shape index (κ1) is 35.2. The molecule has 18 atom stereocenters. The van der Waals surface area contributed by atoms with E-state index in [4.69, 9.17) is 23.7 Å². The molecule has 0 aromatic rings. The van der Waals surface area contributed by atoms with Crippen molar-refractivity contribution in [2.75, 3.05) is 13.2 Å². The summed E-state index contributed by atoms with van der Waals surface area (Å²) in [7, 11) is 0. The van der Waals surface area contributed by atoms with E-state index in [0.717, 1.165) is 63.4 Å². The molecule has 272 valence electrons. The van der Waals surface area contributed by atoms with Crippen LogP contribution in [0.1, 0.15) is 78.6 Å². The number of hydrogen-bond donors (Lipinski definition) is 7. The summed E-state index contributed by atoms with van der Waals surface area (Å²) in [6, 6.07) is 0. The van der Waals surface area contributed by atoms with Gasteiger partial charge < -0.3 is 59.4 Å². The average Bonchev–Trinajstić information content (AvgIpc) is 3.61. The van der Waals surface area contributed by atoms with Crippen LogP contribution in [0.5, 0.6) is 0 Å². The van der Waals surface area contributed by atoms with E-state index < -0.39 is 73.6 Å². The van der Waals surface area contributed by atoms with Crippen LogP contribution in [0.25, 0.3) is 0 Å². The van der Waals surface area contributed by atoms with Crippen molar-refractivity contribution in [2.24, 2.45) is 34.5 Å². The Morgan fingerprint density at radius 3 is 2.27 bits per heavy atom. The van der Waals surface area contributed by atoms with Gasteiger partial charge in [-0.15, -0.1) is 0 Å². The molecule has 7 aliphatic rings. The molecule has 0 aromatic carbocycles. The fraction of sp³-hybridized carbons (Fsp3) is 0.914. The molecule has 3 aliphatic heterocycles. The highest BCUT2D eigenvalue weighted by Crippen LogP contribution is 2.70. The Hall–Kier alpha value is -1.23. The van der Waals surface area contributed by atoms with Crippen LogP contribution in [0.2, 0.25) is 0 Å². The Labute approximate surface area is 281 Å². The highest BCUT2D eigenvalue weighted by atomic mass is 16.7. The summed E-state index contributed by atoms with van der Waals surface area (Å²) in [5.41, 5.74) is 0.00280. The molecule has 4 aliphatic carbocycles. The van der Waals surface area contributed by atoms with Crippen molar-refractivity contribution in [2.45, 2.75) is 152 Å². The van der Waals surface area contributed by atoms with Gasteiger partial charge in [-0.1, -0.05) is 13.8 Å². The third-order valence-corrected chi connectivity index (χ3v) is 14.2. The SMILES string of the molecule is C[C@@H]1O[C@H](O[C@@H]2CC[C@@]3(C)[C@H](CC[C@H]4[C@@H]3CC[C@]3(C)[C@H](C5=CC(=O)OC5)CC[C@@]43O)C2)[C@H](O)[C@H](O)[C@H]1O[C@H]1O[C@@H](CO)[C@H](O)[C@@H](O)[C@@H]1O. The number of ether oxygens (including phenoxy) is 5. The van der Waals surface area contributed by atoms with Crippen molar-refractivity contribution in [1.29, 1.82) is 0 Å². The van der Waals surface area contributed by atoms with Crippen LogP contribution in [0, 0.1) is 34.5 Å². The molecule has 48 heavy (non-hydrogen) atoms. The average molecular weight is 683 g/mol. The van der Waals surface area contributed by atoms with Gasteiger partial charge in [-0.2, -0.15) is 0 Å². The van der Waals surface area contributed by atoms with E-state index >= 15 is 0 Å². The first-order chi connectivity index (χ1) is 22.7. The number of esters is 1. The van der Waals surface area contributed by atoms with Crippen molar-refractivity contribution in [3.05, 3.63) is 11.6 Å². The second-order valence-corrected chi connectivity index (χ2v) is 16.3. The van der Waals surface area contributed by atoms with Crippen LogP contribution >= 0.6 is 0 Å². The number of cyclic esters (lactones) is 1. The highest BCUT2D eigenvalue weighted by molar-refractivity contribution is 5.85. The van der Waals surface area contributed by atoms with E-state index in [9.17, 15) is 40.5 Å². The zero-order chi connectivity index (χ0) is 34.3. The van der Waals surface area contributed by atoms with Gasteiger partial charge in [0.15, 0.2) is 12.6 Å². The van der Waals surface area contributed by atoms with Gasteiger partial charge in [0.25, 0.3) is 0 Å². The van der Waals surface area contributed by atoms with Gasteiger partial charge in [0.2, 0.25) is 0 Å². The standard InChI is InChI=1S/C35H54O13/c1-16-30(48-32-28(41)26(39)25(38)23(14-36)47-32)27(40)29(42)31(45-16)46-19-6-9-33(2)18(13-19)4-5-22-21(33)7-10-34(3)20(8-11-35(22,34)43)17-12-24(37)44-15-17/h12,16,18-23,25-32,36,38-43H,4-11,13-15H2,1-3H3/t16-,18+,19+,20-,21-,22-,23-,25-,26+,27-,28-,29+,30-,31+,32+,33-,34+,35+/m0/s1. The summed E-state index contributed by atoms with van der Waals surface area (Å²) in [4.78, 5) is 11.9. The number of carbonyl (C=O) groups excluding carboxylic acids is 1. The molecular weight excluding hydrogens is 628 g/mol. The molecule has 0 aromatic heterocycles. The van der Waals surface area contributed by atoms with Crippen LogP contribution in [0.4, 0.5) is 0 Å². The van der Waals surface area contributed by atoms with Gasteiger partial charge in [0.1, 0.15) is 49.3 Å². The first-order valence-corrected chi connectivity index (χ1v) is 17.9. The van der Waals surface area contributed by atoms with Crippen molar-refractivity contribution in [3.63, 3.8) is 0 Å². The molecule has 3 heterocycles. The zero-order valence-electron chi connectivity index (χ0n) is 28.1. The molecule has 6 fully saturated rings. The second kappa shape index (κ2) is 12.8. The van der Waals surface area contributed by atoms with Crippen molar-refractivity contribution < 1.29 is 64.2 Å². The molecule has 13 heteroatoms. The van der Waals surface area contributed by atoms with E-state index in [1.165, 1.54) is 0 Å². The third kappa shape index (κ3) is 5.42. The zero-order valence-corrected chi connectivity index (χ0v) is 28.1. The minimum Gasteiger partial charge on any atom is -0.458 e. The molecule has 0 amide bonds. The number of aliphatic hydroxyl groups excluding tert-OH is 6. The fourth-order valence-electron chi connectivity index (χ4n) is 11.3. The number of rotatable bonds is 6. The van der Waals surface area contributed by atoms with Gasteiger partial charge in [-0.3, -0.25) is 0 Å². The minimum atomic E-state index is -1.65. The maximum Gasteiger partial charge on any atom is 0.331 e. The Bertz CT molecular complexity index is 1240. The van der Waals surface area contributed by atoms with Crippen LogP contribution in [0.3, 0.4) is 0 Å². The van der Waals surface area contributed by atoms with E-state index in [2.05, 4.69) is 13.8 Å². The lowest BCUT2D eigenvalue weighted by Crippen LogP contribution is -2.64. The Kier molecular flexibility index (Phi) is 9.36. The van der Waals surface area contributed by atoms with E-state index in [0.29, 0.717) is 18.4 Å². The molecule has 0 unspecified atom stereocenters. The molecular formula is C35H54O13. The van der Waals surface area contributed by atoms with Gasteiger partial charge in [-0.05, 0) is 99.4 Å². The molecule has 2 saturated heterocycles. The quantitative estimate of drug-likeness (QED) is 0.149. The van der Waals surface area contributed by atoms with Crippen LogP contribution in [-0.2, 0) is 28.5 Å². The third-order valence-electron chi connectivity index (χ3n) is 14.2. The van der Waals surface area contributed by atoms with Gasteiger partial charge in [-0.25, -0.2) is 4.79 Å². The number of fused-ring (bicyclic) bond motifs is 5. The lowest BCUT2D eigenvalue weighted by molar-refractivity contribution is -0.360. The number of carbonyl (C=O) groups is 1. The van der Waals surface area contributed by atoms with Crippen molar-refractivity contribution in [1.82, 2.24) is 0 Å². The monoisotopic (exact) mass is 682 g/mol. The maximum absolute atomic E-state index is 12.5. The molecule has 7 N–H and O–H groups in total. The smallest absolute Gasteiger partial charge is 0.331 e.